The molecule has 0 bridgehead atoms. The average molecular weight is 537 g/mol. The van der Waals surface area contributed by atoms with Crippen LogP contribution in [0.5, 0.6) is 5.75 Å². The van der Waals surface area contributed by atoms with E-state index in [1.54, 1.807) is 25.3 Å². The Balaban J connectivity index is 1.34. The van der Waals surface area contributed by atoms with Gasteiger partial charge in [0.25, 0.3) is 0 Å². The first kappa shape index (κ1) is 25.2. The molecule has 1 fully saturated rings. The molecular weight excluding hydrogens is 508 g/mol. The minimum absolute atomic E-state index is 0.126. The lowest BCUT2D eigenvalue weighted by Gasteiger charge is -2.31. The van der Waals surface area contributed by atoms with E-state index >= 15 is 0 Å². The summed E-state index contributed by atoms with van der Waals surface area (Å²) in [7, 11) is -0.371. The molecule has 1 atom stereocenters. The molecule has 1 amide bonds. The Hall–Kier alpha value is -3.47. The van der Waals surface area contributed by atoms with Crippen LogP contribution in [0.15, 0.2) is 70.9 Å². The van der Waals surface area contributed by atoms with Gasteiger partial charge in [0.05, 0.1) is 29.3 Å². The Labute approximate surface area is 220 Å². The van der Waals surface area contributed by atoms with E-state index in [0.29, 0.717) is 30.8 Å². The van der Waals surface area contributed by atoms with Gasteiger partial charge in [0.15, 0.2) is 5.13 Å². The lowest BCUT2D eigenvalue weighted by Crippen LogP contribution is -2.43. The van der Waals surface area contributed by atoms with Crippen LogP contribution >= 0.6 is 11.3 Å². The Bertz CT molecular complexity index is 1550. The van der Waals surface area contributed by atoms with E-state index in [-0.39, 0.29) is 17.3 Å². The van der Waals surface area contributed by atoms with Gasteiger partial charge < -0.3 is 15.4 Å². The lowest BCUT2D eigenvalue weighted by molar-refractivity contribution is -0.120. The molecule has 0 aliphatic carbocycles. The van der Waals surface area contributed by atoms with Crippen molar-refractivity contribution < 1.29 is 17.9 Å². The third-order valence-electron chi connectivity index (χ3n) is 6.58. The normalized spacial score (nSPS) is 16.4. The van der Waals surface area contributed by atoms with Gasteiger partial charge in [-0.25, -0.2) is 13.4 Å². The largest absolute Gasteiger partial charge is 0.495 e. The fourth-order valence-electron chi connectivity index (χ4n) is 4.57. The Morgan fingerprint density at radius 3 is 2.68 bits per heavy atom. The molecule has 8 nitrogen and oxygen atoms in total. The molecule has 0 unspecified atom stereocenters. The van der Waals surface area contributed by atoms with E-state index in [9.17, 15) is 13.2 Å². The van der Waals surface area contributed by atoms with Crippen LogP contribution in [0.3, 0.4) is 0 Å². The van der Waals surface area contributed by atoms with Crippen LogP contribution in [-0.4, -0.2) is 50.9 Å². The highest BCUT2D eigenvalue weighted by atomic mass is 32.2. The zero-order valence-electron chi connectivity index (χ0n) is 20.6. The molecule has 192 valence electrons. The number of carbonyl (C=O) groups excluding carboxylic acids is 1. The number of nitrogens with one attached hydrogen (secondary N) is 2. The van der Waals surface area contributed by atoms with Crippen LogP contribution in [0, 0.1) is 5.92 Å². The number of sulfonamides is 1. The van der Waals surface area contributed by atoms with Gasteiger partial charge in [0, 0.05) is 31.1 Å². The van der Waals surface area contributed by atoms with E-state index in [1.807, 2.05) is 54.9 Å². The standard InChI is InChI=1S/C27H28N4O4S2/c1-28-27-30-24(17-36-27)20-10-12-25(35-2)23(15-20)29-26(32)21-8-5-13-31(16-21)37(33,34)22-11-9-18-6-3-4-7-19(18)14-22/h3-4,6-7,9-12,14-15,17,21H,5,8,13,16H2,1-2H3,(H,28,30)(H,29,32)/t21-/m1/s1. The molecule has 37 heavy (non-hydrogen) atoms. The molecule has 1 saturated heterocycles. The number of thiazole rings is 1. The first-order valence-electron chi connectivity index (χ1n) is 12.0. The second kappa shape index (κ2) is 10.5. The number of anilines is 2. The monoisotopic (exact) mass is 536 g/mol. The molecule has 2 heterocycles. The van der Waals surface area contributed by atoms with Crippen molar-refractivity contribution in [3.05, 3.63) is 66.0 Å². The maximum atomic E-state index is 13.4. The number of hydrogen-bond acceptors (Lipinski definition) is 7. The zero-order chi connectivity index (χ0) is 26.0. The predicted molar refractivity (Wildman–Crippen MR) is 148 cm³/mol. The number of methoxy groups -OCH3 is 1. The summed E-state index contributed by atoms with van der Waals surface area (Å²) in [5.74, 6) is -0.187. The van der Waals surface area contributed by atoms with Gasteiger partial charge in [0.2, 0.25) is 15.9 Å². The summed E-state index contributed by atoms with van der Waals surface area (Å²) in [6, 6.07) is 18.3. The maximum absolute atomic E-state index is 13.4. The van der Waals surface area contributed by atoms with Crippen molar-refractivity contribution >= 4 is 48.9 Å². The summed E-state index contributed by atoms with van der Waals surface area (Å²) < 4.78 is 33.8. The minimum atomic E-state index is -3.73. The molecule has 0 radical (unpaired) electrons. The smallest absolute Gasteiger partial charge is 0.243 e. The van der Waals surface area contributed by atoms with Crippen molar-refractivity contribution in [2.24, 2.45) is 5.92 Å². The third kappa shape index (κ3) is 5.18. The number of ether oxygens (including phenoxy) is 1. The number of rotatable bonds is 7. The molecule has 0 spiro atoms. The quantitative estimate of drug-likeness (QED) is 0.343. The summed E-state index contributed by atoms with van der Waals surface area (Å²) >= 11 is 1.49. The van der Waals surface area contributed by atoms with Crippen LogP contribution in [0.25, 0.3) is 22.0 Å². The molecule has 0 saturated carbocycles. The van der Waals surface area contributed by atoms with Crippen molar-refractivity contribution in [3.63, 3.8) is 0 Å². The molecule has 1 aromatic heterocycles. The summed E-state index contributed by atoms with van der Waals surface area (Å²) in [5, 5.41) is 10.6. The number of aromatic nitrogens is 1. The van der Waals surface area contributed by atoms with Crippen LogP contribution in [0.2, 0.25) is 0 Å². The van der Waals surface area contributed by atoms with Gasteiger partial charge in [-0.3, -0.25) is 4.79 Å². The fraction of sp³-hybridized carbons (Fsp3) is 0.259. The van der Waals surface area contributed by atoms with Crippen LogP contribution in [-0.2, 0) is 14.8 Å². The number of carbonyl (C=O) groups is 1. The molecule has 4 aromatic rings. The highest BCUT2D eigenvalue weighted by molar-refractivity contribution is 7.89. The van der Waals surface area contributed by atoms with Gasteiger partial charge in [-0.15, -0.1) is 11.3 Å². The molecule has 10 heteroatoms. The zero-order valence-corrected chi connectivity index (χ0v) is 22.2. The first-order chi connectivity index (χ1) is 17.9. The number of hydrogen-bond donors (Lipinski definition) is 2. The molecule has 1 aliphatic rings. The molecule has 3 aromatic carbocycles. The molecule has 5 rings (SSSR count). The van der Waals surface area contributed by atoms with Crippen LogP contribution in [0.1, 0.15) is 12.8 Å². The summed E-state index contributed by atoms with van der Waals surface area (Å²) in [6.07, 6.45) is 1.21. The third-order valence-corrected chi connectivity index (χ3v) is 9.31. The number of piperidine rings is 1. The fourth-order valence-corrected chi connectivity index (χ4v) is 6.81. The van der Waals surface area contributed by atoms with E-state index in [4.69, 9.17) is 4.74 Å². The van der Waals surface area contributed by atoms with Gasteiger partial charge in [-0.2, -0.15) is 4.31 Å². The Kier molecular flexibility index (Phi) is 7.14. The number of nitrogens with zero attached hydrogens (tertiary/aromatic N) is 2. The average Bonchev–Trinajstić information content (AvgIpc) is 3.42. The van der Waals surface area contributed by atoms with E-state index in [1.165, 1.54) is 15.6 Å². The van der Waals surface area contributed by atoms with Crippen molar-refractivity contribution in [1.82, 2.24) is 9.29 Å². The minimum Gasteiger partial charge on any atom is -0.495 e. The summed E-state index contributed by atoms with van der Waals surface area (Å²) in [4.78, 5) is 18.1. The van der Waals surface area contributed by atoms with Crippen molar-refractivity contribution in [2.45, 2.75) is 17.7 Å². The van der Waals surface area contributed by atoms with Crippen molar-refractivity contribution in [3.8, 4) is 17.0 Å². The van der Waals surface area contributed by atoms with E-state index < -0.39 is 15.9 Å². The number of amides is 1. The van der Waals surface area contributed by atoms with E-state index in [0.717, 1.165) is 27.2 Å². The van der Waals surface area contributed by atoms with Gasteiger partial charge in [0.1, 0.15) is 5.75 Å². The predicted octanol–water partition coefficient (Wildman–Crippen LogP) is 5.05. The van der Waals surface area contributed by atoms with Crippen molar-refractivity contribution in [2.75, 3.05) is 37.9 Å². The first-order valence-corrected chi connectivity index (χ1v) is 14.3. The Morgan fingerprint density at radius 2 is 1.92 bits per heavy atom. The molecule has 2 N–H and O–H groups in total. The van der Waals surface area contributed by atoms with Gasteiger partial charge >= 0.3 is 0 Å². The summed E-state index contributed by atoms with van der Waals surface area (Å²) in [6.45, 7) is 0.510. The van der Waals surface area contributed by atoms with Crippen LogP contribution in [0.4, 0.5) is 10.8 Å². The van der Waals surface area contributed by atoms with Gasteiger partial charge in [-0.05, 0) is 53.9 Å². The maximum Gasteiger partial charge on any atom is 0.243 e. The SMILES string of the molecule is CNc1nc(-c2ccc(OC)c(NC(=O)[C@@H]3CCCN(S(=O)(=O)c4ccc5ccccc5c4)C3)c2)cs1. The Morgan fingerprint density at radius 1 is 1.11 bits per heavy atom. The van der Waals surface area contributed by atoms with Gasteiger partial charge in [-0.1, -0.05) is 30.3 Å². The second-order valence-corrected chi connectivity index (χ2v) is 11.7. The second-order valence-electron chi connectivity index (χ2n) is 8.90. The highest BCUT2D eigenvalue weighted by Gasteiger charge is 2.33. The number of fused-ring (bicyclic) bond motifs is 1. The van der Waals surface area contributed by atoms with Crippen LogP contribution < -0.4 is 15.4 Å². The highest BCUT2D eigenvalue weighted by Crippen LogP contribution is 2.33. The molecule has 1 aliphatic heterocycles. The lowest BCUT2D eigenvalue weighted by atomic mass is 9.98. The molecular formula is C27H28N4O4S2. The summed E-state index contributed by atoms with van der Waals surface area (Å²) in [5.41, 5.74) is 2.16. The topological polar surface area (TPSA) is 101 Å². The van der Waals surface area contributed by atoms with E-state index in [2.05, 4.69) is 15.6 Å². The number of benzene rings is 3. The van der Waals surface area contributed by atoms with Crippen molar-refractivity contribution in [1.29, 1.82) is 0 Å².